The van der Waals surface area contributed by atoms with Crippen molar-refractivity contribution in [1.82, 2.24) is 10.4 Å². The van der Waals surface area contributed by atoms with Gasteiger partial charge < -0.3 is 0 Å². The fraction of sp³-hybridized carbons (Fsp3) is 0.280. The molecule has 1 aromatic carbocycles. The molecule has 0 aromatic heterocycles. The van der Waals surface area contributed by atoms with Gasteiger partial charge in [-0.1, -0.05) is 53.6 Å². The Balaban J connectivity index is 1.66. The van der Waals surface area contributed by atoms with E-state index < -0.39 is 0 Å². The summed E-state index contributed by atoms with van der Waals surface area (Å²) in [4.78, 5) is 9.83. The molecule has 148 valence electrons. The SMILES string of the molecule is CC1=CCC=C/C(N=C2C=CCC3=C(C)CCC(=Nc4ccccc4)NN23)=C/C1. The van der Waals surface area contributed by atoms with Crippen LogP contribution in [0, 0.1) is 0 Å². The third-order valence-electron chi connectivity index (χ3n) is 5.34. The normalized spacial score (nSPS) is 24.3. The van der Waals surface area contributed by atoms with E-state index >= 15 is 0 Å². The highest BCUT2D eigenvalue weighted by atomic mass is 15.5. The minimum Gasteiger partial charge on any atom is -0.279 e. The molecule has 0 spiro atoms. The van der Waals surface area contributed by atoms with Crippen molar-refractivity contribution >= 4 is 17.4 Å². The molecule has 4 rings (SSSR count). The van der Waals surface area contributed by atoms with E-state index in [1.54, 1.807) is 0 Å². The lowest BCUT2D eigenvalue weighted by Crippen LogP contribution is -2.45. The number of hydrogen-bond acceptors (Lipinski definition) is 2. The van der Waals surface area contributed by atoms with Crippen molar-refractivity contribution in [2.24, 2.45) is 9.98 Å². The molecule has 4 nitrogen and oxygen atoms in total. The Labute approximate surface area is 173 Å². The predicted octanol–water partition coefficient (Wildman–Crippen LogP) is 6.13. The van der Waals surface area contributed by atoms with Crippen LogP contribution in [0.25, 0.3) is 0 Å². The number of aliphatic imine (C=N–C) groups is 2. The summed E-state index contributed by atoms with van der Waals surface area (Å²) in [6, 6.07) is 10.1. The van der Waals surface area contributed by atoms with Crippen LogP contribution in [-0.2, 0) is 0 Å². The van der Waals surface area contributed by atoms with E-state index in [1.165, 1.54) is 16.8 Å². The van der Waals surface area contributed by atoms with Crippen molar-refractivity contribution in [2.45, 2.75) is 46.0 Å². The minimum absolute atomic E-state index is 0.889. The van der Waals surface area contributed by atoms with Gasteiger partial charge >= 0.3 is 0 Å². The number of amidine groups is 2. The highest BCUT2D eigenvalue weighted by Gasteiger charge is 2.24. The number of para-hydroxylation sites is 1. The largest absolute Gasteiger partial charge is 0.279 e. The summed E-state index contributed by atoms with van der Waals surface area (Å²) in [5.41, 5.74) is 9.56. The van der Waals surface area contributed by atoms with Crippen LogP contribution in [0.15, 0.2) is 99.3 Å². The number of rotatable bonds is 2. The molecule has 0 atom stereocenters. The molecular weight excluding hydrogens is 356 g/mol. The first-order valence-corrected chi connectivity index (χ1v) is 10.3. The van der Waals surface area contributed by atoms with E-state index in [-0.39, 0.29) is 0 Å². The maximum Gasteiger partial charge on any atom is 0.151 e. The standard InChI is InChI=1S/C25H28N4/c1-19-9-6-7-12-22(17-15-19)27-25-14-8-13-23-20(2)16-18-24(28-29(23)25)26-21-10-4-3-5-11-21/h3-5,7-12,14,17H,6,13,15-16,18H2,1-2H3,(H,26,28)/b12-7?,19-9?,22-17-,27-25?. The highest BCUT2D eigenvalue weighted by Crippen LogP contribution is 2.26. The molecule has 2 aliphatic heterocycles. The smallest absolute Gasteiger partial charge is 0.151 e. The van der Waals surface area contributed by atoms with Crippen LogP contribution in [0.3, 0.4) is 0 Å². The maximum atomic E-state index is 4.98. The van der Waals surface area contributed by atoms with E-state index in [4.69, 9.17) is 9.98 Å². The van der Waals surface area contributed by atoms with Crippen molar-refractivity contribution in [3.8, 4) is 0 Å². The van der Waals surface area contributed by atoms with Gasteiger partial charge in [0.05, 0.1) is 11.4 Å². The van der Waals surface area contributed by atoms with Crippen LogP contribution in [-0.4, -0.2) is 16.7 Å². The Kier molecular flexibility index (Phi) is 5.89. The monoisotopic (exact) mass is 384 g/mol. The van der Waals surface area contributed by atoms with Gasteiger partial charge in [0.2, 0.25) is 0 Å². The summed E-state index contributed by atoms with van der Waals surface area (Å²) in [7, 11) is 0. The number of nitrogens with one attached hydrogen (secondary N) is 1. The van der Waals surface area contributed by atoms with Gasteiger partial charge in [-0.2, -0.15) is 0 Å². The molecule has 0 saturated heterocycles. The second-order valence-electron chi connectivity index (χ2n) is 7.67. The molecule has 0 amide bonds. The van der Waals surface area contributed by atoms with Gasteiger partial charge in [-0.15, -0.1) is 0 Å². The minimum atomic E-state index is 0.889. The summed E-state index contributed by atoms with van der Waals surface area (Å²) >= 11 is 0. The van der Waals surface area contributed by atoms with Gasteiger partial charge in [0.1, 0.15) is 5.84 Å². The zero-order chi connectivity index (χ0) is 20.1. The lowest BCUT2D eigenvalue weighted by atomic mass is 10.1. The van der Waals surface area contributed by atoms with Gasteiger partial charge in [-0.3, -0.25) is 5.43 Å². The average Bonchev–Trinajstić information content (AvgIpc) is 2.88. The molecular formula is C25H28N4. The molecule has 0 radical (unpaired) electrons. The number of hydrazine groups is 1. The van der Waals surface area contributed by atoms with Gasteiger partial charge in [0.25, 0.3) is 0 Å². The first-order valence-electron chi connectivity index (χ1n) is 10.3. The second kappa shape index (κ2) is 8.91. The number of nitrogens with zero attached hydrogens (tertiary/aromatic N) is 3. The van der Waals surface area contributed by atoms with Gasteiger partial charge in [0, 0.05) is 18.5 Å². The molecule has 0 fully saturated rings. The number of hydrogen-bond donors (Lipinski definition) is 1. The van der Waals surface area contributed by atoms with E-state index in [0.717, 1.165) is 55.2 Å². The van der Waals surface area contributed by atoms with Crippen molar-refractivity contribution in [1.29, 1.82) is 0 Å². The fourth-order valence-electron chi connectivity index (χ4n) is 3.62. The molecule has 0 saturated carbocycles. The fourth-order valence-corrected chi connectivity index (χ4v) is 3.62. The average molecular weight is 385 g/mol. The molecule has 0 unspecified atom stereocenters. The van der Waals surface area contributed by atoms with E-state index in [0.29, 0.717) is 0 Å². The lowest BCUT2D eigenvalue weighted by Gasteiger charge is -2.30. The van der Waals surface area contributed by atoms with Crippen LogP contribution in [0.4, 0.5) is 5.69 Å². The summed E-state index contributed by atoms with van der Waals surface area (Å²) in [6.45, 7) is 4.39. The Bertz CT molecular complexity index is 971. The van der Waals surface area contributed by atoms with Crippen LogP contribution in [0.1, 0.15) is 46.0 Å². The van der Waals surface area contributed by atoms with E-state index in [9.17, 15) is 0 Å². The zero-order valence-corrected chi connectivity index (χ0v) is 17.2. The van der Waals surface area contributed by atoms with Crippen LogP contribution in [0.5, 0.6) is 0 Å². The number of fused-ring (bicyclic) bond motifs is 1. The summed E-state index contributed by atoms with van der Waals surface area (Å²) in [5, 5.41) is 2.13. The Hall–Kier alpha value is -3.14. The summed E-state index contributed by atoms with van der Waals surface area (Å²) in [5.74, 6) is 1.88. The topological polar surface area (TPSA) is 40.0 Å². The molecule has 3 aliphatic rings. The molecule has 1 aromatic rings. The number of allylic oxidation sites excluding steroid dienone is 7. The van der Waals surface area contributed by atoms with E-state index in [1.807, 2.05) is 30.3 Å². The highest BCUT2D eigenvalue weighted by molar-refractivity contribution is 5.98. The van der Waals surface area contributed by atoms with Crippen molar-refractivity contribution in [3.63, 3.8) is 0 Å². The zero-order valence-electron chi connectivity index (χ0n) is 17.2. The summed E-state index contributed by atoms with van der Waals surface area (Å²) in [6.07, 6.45) is 17.8. The van der Waals surface area contributed by atoms with Crippen molar-refractivity contribution < 1.29 is 0 Å². The third-order valence-corrected chi connectivity index (χ3v) is 5.34. The first-order chi connectivity index (χ1) is 14.2. The molecule has 0 bridgehead atoms. The molecule has 29 heavy (non-hydrogen) atoms. The summed E-state index contributed by atoms with van der Waals surface area (Å²) < 4.78 is 0. The second-order valence-corrected chi connectivity index (χ2v) is 7.67. The quantitative estimate of drug-likeness (QED) is 0.623. The molecule has 4 heteroatoms. The molecule has 1 aliphatic carbocycles. The van der Waals surface area contributed by atoms with E-state index in [2.05, 4.69) is 60.7 Å². The van der Waals surface area contributed by atoms with Crippen LogP contribution in [0.2, 0.25) is 0 Å². The van der Waals surface area contributed by atoms with Gasteiger partial charge in [0.15, 0.2) is 5.84 Å². The van der Waals surface area contributed by atoms with Crippen molar-refractivity contribution in [3.05, 3.63) is 89.3 Å². The maximum absolute atomic E-state index is 4.98. The Morgan fingerprint density at radius 2 is 1.76 bits per heavy atom. The number of benzene rings is 1. The third kappa shape index (κ3) is 4.83. The van der Waals surface area contributed by atoms with Crippen LogP contribution < -0.4 is 5.43 Å². The predicted molar refractivity (Wildman–Crippen MR) is 122 cm³/mol. The van der Waals surface area contributed by atoms with Gasteiger partial charge in [-0.25, -0.2) is 15.0 Å². The Morgan fingerprint density at radius 3 is 2.62 bits per heavy atom. The first kappa shape index (κ1) is 19.2. The van der Waals surface area contributed by atoms with Gasteiger partial charge in [-0.05, 0) is 57.4 Å². The van der Waals surface area contributed by atoms with Crippen molar-refractivity contribution in [2.75, 3.05) is 0 Å². The van der Waals surface area contributed by atoms with Crippen LogP contribution >= 0.6 is 0 Å². The molecule has 2 heterocycles. The molecule has 1 N–H and O–H groups in total. The Morgan fingerprint density at radius 1 is 0.897 bits per heavy atom. The lowest BCUT2D eigenvalue weighted by molar-refractivity contribution is 0.449.